The molecule has 2 heteroatoms. The maximum absolute atomic E-state index is 4.95. The third kappa shape index (κ3) is 3.27. The van der Waals surface area contributed by atoms with Gasteiger partial charge in [0.15, 0.2) is 0 Å². The maximum Gasteiger partial charge on any atom is 0.121 e. The molecule has 30 heavy (non-hydrogen) atoms. The molecule has 0 amide bonds. The van der Waals surface area contributed by atoms with E-state index in [1.807, 2.05) is 0 Å². The minimum absolute atomic E-state index is 0.455. The number of imidazole rings is 1. The normalized spacial score (nSPS) is 15.2. The first-order chi connectivity index (χ1) is 14.9. The van der Waals surface area contributed by atoms with Gasteiger partial charge in [-0.05, 0) is 29.5 Å². The second kappa shape index (κ2) is 8.31. The molecule has 0 unspecified atom stereocenters. The number of nitrogens with zero attached hydrogens (tertiary/aromatic N) is 2. The van der Waals surface area contributed by atoms with Crippen molar-refractivity contribution in [1.29, 1.82) is 0 Å². The van der Waals surface area contributed by atoms with Gasteiger partial charge in [0.05, 0.1) is 12.0 Å². The summed E-state index contributed by atoms with van der Waals surface area (Å²) < 4.78 is 2.34. The Morgan fingerprint density at radius 1 is 0.633 bits per heavy atom. The van der Waals surface area contributed by atoms with Gasteiger partial charge in [-0.25, -0.2) is 4.98 Å². The van der Waals surface area contributed by atoms with E-state index < -0.39 is 5.54 Å². The molecule has 1 aromatic heterocycles. The molecule has 1 aliphatic carbocycles. The van der Waals surface area contributed by atoms with E-state index in [0.29, 0.717) is 5.92 Å². The van der Waals surface area contributed by atoms with Gasteiger partial charge in [-0.3, -0.25) is 0 Å². The third-order valence-electron chi connectivity index (χ3n) is 6.59. The first-order valence-electron chi connectivity index (χ1n) is 11.1. The summed E-state index contributed by atoms with van der Waals surface area (Å²) in [4.78, 5) is 4.95. The van der Waals surface area contributed by atoms with E-state index in [1.165, 1.54) is 54.5 Å². The number of aromatic nitrogens is 2. The smallest absolute Gasteiger partial charge is 0.121 e. The zero-order chi connectivity index (χ0) is 20.2. The van der Waals surface area contributed by atoms with Gasteiger partial charge in [-0.15, -0.1) is 0 Å². The van der Waals surface area contributed by atoms with E-state index in [-0.39, 0.29) is 0 Å². The Morgan fingerprint density at radius 2 is 1.10 bits per heavy atom. The third-order valence-corrected chi connectivity index (χ3v) is 6.59. The first-order valence-corrected chi connectivity index (χ1v) is 11.1. The predicted octanol–water partition coefficient (Wildman–Crippen LogP) is 6.77. The molecule has 150 valence electrons. The average Bonchev–Trinajstić information content (AvgIpc) is 3.33. The number of hydrogen-bond acceptors (Lipinski definition) is 1. The van der Waals surface area contributed by atoms with Crippen molar-refractivity contribution in [3.63, 3.8) is 0 Å². The predicted molar refractivity (Wildman–Crippen MR) is 123 cm³/mol. The van der Waals surface area contributed by atoms with Crippen molar-refractivity contribution in [3.05, 3.63) is 126 Å². The minimum atomic E-state index is -0.455. The fourth-order valence-electron chi connectivity index (χ4n) is 5.12. The zero-order valence-electron chi connectivity index (χ0n) is 17.3. The summed E-state index contributed by atoms with van der Waals surface area (Å²) in [6.45, 7) is 0. The summed E-state index contributed by atoms with van der Waals surface area (Å²) in [7, 11) is 0. The Hall–Kier alpha value is -3.13. The van der Waals surface area contributed by atoms with E-state index in [0.717, 1.165) is 0 Å². The van der Waals surface area contributed by atoms with Crippen molar-refractivity contribution in [2.75, 3.05) is 0 Å². The van der Waals surface area contributed by atoms with Crippen LogP contribution in [0.3, 0.4) is 0 Å². The fourth-order valence-corrected chi connectivity index (χ4v) is 5.12. The van der Waals surface area contributed by atoms with Crippen LogP contribution >= 0.6 is 0 Å². The Bertz CT molecular complexity index is 965. The highest BCUT2D eigenvalue weighted by Gasteiger charge is 2.38. The van der Waals surface area contributed by atoms with Crippen LogP contribution in [0.1, 0.15) is 60.4 Å². The molecule has 0 radical (unpaired) electrons. The monoisotopic (exact) mass is 392 g/mol. The average molecular weight is 393 g/mol. The summed E-state index contributed by atoms with van der Waals surface area (Å²) >= 11 is 0. The highest BCUT2D eigenvalue weighted by molar-refractivity contribution is 5.50. The summed E-state index contributed by atoms with van der Waals surface area (Å²) in [6, 6.07) is 32.5. The SMILES string of the molecule is c1ccc(C(c2ccccc2)(c2ccccc2)n2cnc(C3CCCCC3)c2)cc1. The Morgan fingerprint density at radius 3 is 1.57 bits per heavy atom. The highest BCUT2D eigenvalue weighted by Crippen LogP contribution is 2.42. The van der Waals surface area contributed by atoms with Gasteiger partial charge in [-0.1, -0.05) is 110 Å². The van der Waals surface area contributed by atoms with Crippen molar-refractivity contribution in [1.82, 2.24) is 9.55 Å². The van der Waals surface area contributed by atoms with Gasteiger partial charge in [-0.2, -0.15) is 0 Å². The maximum atomic E-state index is 4.95. The van der Waals surface area contributed by atoms with Crippen molar-refractivity contribution >= 4 is 0 Å². The van der Waals surface area contributed by atoms with Crippen LogP contribution in [0.25, 0.3) is 0 Å². The van der Waals surface area contributed by atoms with Crippen LogP contribution in [-0.2, 0) is 5.54 Å². The molecule has 1 fully saturated rings. The van der Waals surface area contributed by atoms with E-state index in [4.69, 9.17) is 4.98 Å². The van der Waals surface area contributed by atoms with Gasteiger partial charge in [0.2, 0.25) is 0 Å². The van der Waals surface area contributed by atoms with Crippen LogP contribution in [-0.4, -0.2) is 9.55 Å². The topological polar surface area (TPSA) is 17.8 Å². The van der Waals surface area contributed by atoms with Crippen LogP contribution in [0.4, 0.5) is 0 Å². The van der Waals surface area contributed by atoms with E-state index in [9.17, 15) is 0 Å². The quantitative estimate of drug-likeness (QED) is 0.343. The lowest BCUT2D eigenvalue weighted by atomic mass is 9.76. The number of hydrogen-bond donors (Lipinski definition) is 0. The molecule has 1 aliphatic rings. The molecule has 4 aromatic rings. The lowest BCUT2D eigenvalue weighted by molar-refractivity contribution is 0.436. The lowest BCUT2D eigenvalue weighted by Crippen LogP contribution is -2.37. The molecular weight excluding hydrogens is 364 g/mol. The minimum Gasteiger partial charge on any atom is -0.319 e. The zero-order valence-corrected chi connectivity index (χ0v) is 17.3. The molecular formula is C28H28N2. The molecule has 0 N–H and O–H groups in total. The molecule has 0 atom stereocenters. The summed E-state index contributed by atoms with van der Waals surface area (Å²) in [5.41, 5.74) is 4.52. The van der Waals surface area contributed by atoms with Crippen LogP contribution in [0.15, 0.2) is 104 Å². The molecule has 0 bridgehead atoms. The summed E-state index contributed by atoms with van der Waals surface area (Å²) in [5.74, 6) is 0.583. The second-order valence-electron chi connectivity index (χ2n) is 8.35. The molecule has 0 spiro atoms. The van der Waals surface area contributed by atoms with Gasteiger partial charge in [0.1, 0.15) is 5.54 Å². The standard InChI is InChI=1S/C28H28N2/c1-5-13-23(14-6-1)27-21-30(22-29-27)28(24-15-7-2-8-16-24,25-17-9-3-10-18-25)26-19-11-4-12-20-26/h2-4,7-12,15-23H,1,5-6,13-14H2. The molecule has 2 nitrogen and oxygen atoms in total. The van der Waals surface area contributed by atoms with Gasteiger partial charge >= 0.3 is 0 Å². The molecule has 5 rings (SSSR count). The van der Waals surface area contributed by atoms with E-state index in [2.05, 4.69) is 108 Å². The summed E-state index contributed by atoms with van der Waals surface area (Å²) in [6.07, 6.45) is 10.9. The van der Waals surface area contributed by atoms with Crippen LogP contribution < -0.4 is 0 Å². The van der Waals surface area contributed by atoms with Gasteiger partial charge in [0.25, 0.3) is 0 Å². The van der Waals surface area contributed by atoms with Gasteiger partial charge in [0, 0.05) is 12.1 Å². The fraction of sp³-hybridized carbons (Fsp3) is 0.250. The largest absolute Gasteiger partial charge is 0.319 e. The van der Waals surface area contributed by atoms with Crippen molar-refractivity contribution < 1.29 is 0 Å². The lowest BCUT2D eigenvalue weighted by Gasteiger charge is -2.37. The van der Waals surface area contributed by atoms with Crippen molar-refractivity contribution in [2.45, 2.75) is 43.6 Å². The van der Waals surface area contributed by atoms with Crippen molar-refractivity contribution in [3.8, 4) is 0 Å². The molecule has 0 saturated heterocycles. The Labute approximate surface area is 179 Å². The molecule has 3 aromatic carbocycles. The van der Waals surface area contributed by atoms with Crippen LogP contribution in [0, 0.1) is 0 Å². The summed E-state index contributed by atoms with van der Waals surface area (Å²) in [5, 5.41) is 0. The van der Waals surface area contributed by atoms with Gasteiger partial charge < -0.3 is 4.57 Å². The Kier molecular flexibility index (Phi) is 5.23. The van der Waals surface area contributed by atoms with E-state index >= 15 is 0 Å². The first kappa shape index (κ1) is 18.9. The van der Waals surface area contributed by atoms with Crippen LogP contribution in [0.2, 0.25) is 0 Å². The Balaban J connectivity index is 1.75. The second-order valence-corrected chi connectivity index (χ2v) is 8.35. The molecule has 0 aliphatic heterocycles. The highest BCUT2D eigenvalue weighted by atomic mass is 15.1. The van der Waals surface area contributed by atoms with Crippen molar-refractivity contribution in [2.24, 2.45) is 0 Å². The number of benzene rings is 3. The van der Waals surface area contributed by atoms with Crippen LogP contribution in [0.5, 0.6) is 0 Å². The van der Waals surface area contributed by atoms with E-state index in [1.54, 1.807) is 0 Å². The molecule has 1 saturated carbocycles. The molecule has 1 heterocycles. The number of rotatable bonds is 5.